The number of benzene rings is 1. The zero-order valence-corrected chi connectivity index (χ0v) is 16.2. The molecule has 2 heterocycles. The molecule has 1 fully saturated rings. The third kappa shape index (κ3) is 4.37. The lowest BCUT2D eigenvalue weighted by atomic mass is 10.2. The Bertz CT molecular complexity index is 803. The molecule has 8 heteroatoms. The van der Waals surface area contributed by atoms with E-state index in [2.05, 4.69) is 21.8 Å². The maximum absolute atomic E-state index is 12.1. The van der Waals surface area contributed by atoms with Gasteiger partial charge in [-0.2, -0.15) is 0 Å². The molecule has 1 saturated heterocycles. The monoisotopic (exact) mass is 397 g/mol. The predicted octanol–water partition coefficient (Wildman–Crippen LogP) is 4.46. The predicted molar refractivity (Wildman–Crippen MR) is 101 cm³/mol. The van der Waals surface area contributed by atoms with Crippen molar-refractivity contribution in [3.05, 3.63) is 45.6 Å². The summed E-state index contributed by atoms with van der Waals surface area (Å²) in [5.41, 5.74) is 1.43. The molecule has 0 radical (unpaired) electrons. The average molecular weight is 398 g/mol. The fourth-order valence-electron chi connectivity index (χ4n) is 2.31. The number of carbonyl (C=O) groups is 1. The van der Waals surface area contributed by atoms with Crippen LogP contribution in [0.1, 0.15) is 29.8 Å². The van der Waals surface area contributed by atoms with Crippen LogP contribution in [0.2, 0.25) is 10.0 Å². The standard InChI is InChI=1S/C17H17Cl2N3O2S/c1-3-24-16(23)12-7-20-17(21-15(12)22-8-10(22)2)25-9-11-4-5-13(18)14(19)6-11/h4-7,10H,3,8-9H2,1-2H3. The van der Waals surface area contributed by atoms with Crippen molar-refractivity contribution in [1.82, 2.24) is 9.97 Å². The number of halogens is 2. The normalized spacial score (nSPS) is 16.0. The molecule has 3 rings (SSSR count). The van der Waals surface area contributed by atoms with E-state index >= 15 is 0 Å². The number of rotatable bonds is 6. The molecule has 1 aromatic heterocycles. The molecule has 1 unspecified atom stereocenters. The number of hydrogen-bond acceptors (Lipinski definition) is 6. The van der Waals surface area contributed by atoms with E-state index < -0.39 is 5.97 Å². The Morgan fingerprint density at radius 2 is 2.16 bits per heavy atom. The van der Waals surface area contributed by atoms with Gasteiger partial charge in [0.1, 0.15) is 11.4 Å². The molecule has 1 aliphatic rings. The summed E-state index contributed by atoms with van der Waals surface area (Å²) < 4.78 is 5.10. The quantitative estimate of drug-likeness (QED) is 0.310. The maximum atomic E-state index is 12.1. The summed E-state index contributed by atoms with van der Waals surface area (Å²) in [5.74, 6) is 0.903. The number of aromatic nitrogens is 2. The molecule has 1 atom stereocenters. The van der Waals surface area contributed by atoms with Gasteiger partial charge in [-0.3, -0.25) is 0 Å². The Morgan fingerprint density at radius 3 is 2.80 bits per heavy atom. The van der Waals surface area contributed by atoms with Crippen LogP contribution in [0.25, 0.3) is 0 Å². The van der Waals surface area contributed by atoms with Crippen molar-refractivity contribution in [3.8, 4) is 0 Å². The van der Waals surface area contributed by atoms with E-state index in [4.69, 9.17) is 27.9 Å². The van der Waals surface area contributed by atoms with Crippen LogP contribution in [0.3, 0.4) is 0 Å². The summed E-state index contributed by atoms with van der Waals surface area (Å²) in [5, 5.41) is 1.66. The first-order valence-corrected chi connectivity index (χ1v) is 9.61. The van der Waals surface area contributed by atoms with E-state index in [-0.39, 0.29) is 0 Å². The van der Waals surface area contributed by atoms with Gasteiger partial charge in [0, 0.05) is 24.5 Å². The highest BCUT2D eigenvalue weighted by molar-refractivity contribution is 7.98. The molecule has 0 spiro atoms. The van der Waals surface area contributed by atoms with Gasteiger partial charge in [0.05, 0.1) is 16.7 Å². The number of thioether (sulfide) groups is 1. The van der Waals surface area contributed by atoms with E-state index in [9.17, 15) is 4.79 Å². The van der Waals surface area contributed by atoms with E-state index in [1.165, 1.54) is 11.8 Å². The van der Waals surface area contributed by atoms with Crippen molar-refractivity contribution >= 4 is 46.8 Å². The lowest BCUT2D eigenvalue weighted by Crippen LogP contribution is -2.12. The highest BCUT2D eigenvalue weighted by atomic mass is 35.5. The summed E-state index contributed by atoms with van der Waals surface area (Å²) in [7, 11) is 0. The molecule has 0 N–H and O–H groups in total. The lowest BCUT2D eigenvalue weighted by Gasteiger charge is -2.11. The van der Waals surface area contributed by atoms with Gasteiger partial charge in [0.15, 0.2) is 5.16 Å². The van der Waals surface area contributed by atoms with E-state index in [1.54, 1.807) is 19.2 Å². The lowest BCUT2D eigenvalue weighted by molar-refractivity contribution is 0.0526. The van der Waals surface area contributed by atoms with Gasteiger partial charge in [-0.1, -0.05) is 41.0 Å². The van der Waals surface area contributed by atoms with Gasteiger partial charge in [-0.05, 0) is 31.5 Å². The van der Waals surface area contributed by atoms with Crippen LogP contribution in [0, 0.1) is 0 Å². The van der Waals surface area contributed by atoms with Crippen LogP contribution in [0.15, 0.2) is 29.6 Å². The summed E-state index contributed by atoms with van der Waals surface area (Å²) in [4.78, 5) is 23.0. The second-order valence-corrected chi connectivity index (χ2v) is 7.41. The van der Waals surface area contributed by atoms with Gasteiger partial charge in [-0.15, -0.1) is 0 Å². The SMILES string of the molecule is CCOC(=O)c1cnc(SCc2ccc(Cl)c(Cl)c2)nc1N1CC1C. The molecular weight excluding hydrogens is 381 g/mol. The van der Waals surface area contributed by atoms with Crippen molar-refractivity contribution in [2.24, 2.45) is 0 Å². The summed E-state index contributed by atoms with van der Waals surface area (Å²) >= 11 is 13.5. The number of esters is 1. The third-order valence-corrected chi connectivity index (χ3v) is 5.40. The van der Waals surface area contributed by atoms with Crippen LogP contribution in [-0.2, 0) is 10.5 Å². The fourth-order valence-corrected chi connectivity index (χ4v) is 3.38. The zero-order chi connectivity index (χ0) is 18.0. The molecule has 25 heavy (non-hydrogen) atoms. The Labute approximate surface area is 160 Å². The van der Waals surface area contributed by atoms with Crippen LogP contribution in [-0.4, -0.2) is 35.1 Å². The minimum atomic E-state index is -0.391. The van der Waals surface area contributed by atoms with Gasteiger partial charge >= 0.3 is 5.97 Å². The molecule has 0 bridgehead atoms. The highest BCUT2D eigenvalue weighted by Gasteiger charge is 2.34. The van der Waals surface area contributed by atoms with E-state index in [1.807, 2.05) is 12.1 Å². The summed E-state index contributed by atoms with van der Waals surface area (Å²) in [6.07, 6.45) is 1.54. The van der Waals surface area contributed by atoms with Crippen LogP contribution >= 0.6 is 35.0 Å². The van der Waals surface area contributed by atoms with Crippen LogP contribution < -0.4 is 4.90 Å². The van der Waals surface area contributed by atoms with Gasteiger partial charge < -0.3 is 9.64 Å². The number of anilines is 1. The second-order valence-electron chi connectivity index (χ2n) is 5.65. The van der Waals surface area contributed by atoms with Gasteiger partial charge in [0.25, 0.3) is 0 Å². The summed E-state index contributed by atoms with van der Waals surface area (Å²) in [6, 6.07) is 5.89. The van der Waals surface area contributed by atoms with Crippen molar-refractivity contribution in [2.75, 3.05) is 18.1 Å². The van der Waals surface area contributed by atoms with Crippen molar-refractivity contribution in [3.63, 3.8) is 0 Å². The number of ether oxygens (including phenoxy) is 1. The Kier molecular flexibility index (Phi) is 5.71. The molecule has 1 aromatic carbocycles. The number of nitrogens with zero attached hydrogens (tertiary/aromatic N) is 3. The molecule has 0 aliphatic carbocycles. The largest absolute Gasteiger partial charge is 0.462 e. The maximum Gasteiger partial charge on any atom is 0.343 e. The van der Waals surface area contributed by atoms with Crippen molar-refractivity contribution < 1.29 is 9.53 Å². The first-order chi connectivity index (χ1) is 12.0. The molecular formula is C17H17Cl2N3O2S. The molecule has 5 nitrogen and oxygen atoms in total. The molecule has 0 amide bonds. The fraction of sp³-hybridized carbons (Fsp3) is 0.353. The topological polar surface area (TPSA) is 55.1 Å². The minimum Gasteiger partial charge on any atom is -0.462 e. The molecule has 132 valence electrons. The van der Waals surface area contributed by atoms with Gasteiger partial charge in [0.2, 0.25) is 0 Å². The Morgan fingerprint density at radius 1 is 1.40 bits per heavy atom. The summed E-state index contributed by atoms with van der Waals surface area (Å²) in [6.45, 7) is 5.06. The van der Waals surface area contributed by atoms with Crippen molar-refractivity contribution in [1.29, 1.82) is 0 Å². The first-order valence-electron chi connectivity index (χ1n) is 7.87. The van der Waals surface area contributed by atoms with Crippen LogP contribution in [0.4, 0.5) is 5.82 Å². The van der Waals surface area contributed by atoms with Crippen molar-refractivity contribution in [2.45, 2.75) is 30.8 Å². The third-order valence-electron chi connectivity index (χ3n) is 3.73. The molecule has 2 aromatic rings. The zero-order valence-electron chi connectivity index (χ0n) is 13.8. The minimum absolute atomic E-state index is 0.321. The average Bonchev–Trinajstić information content (AvgIpc) is 3.32. The van der Waals surface area contributed by atoms with E-state index in [0.29, 0.717) is 45.0 Å². The first kappa shape index (κ1) is 18.3. The smallest absolute Gasteiger partial charge is 0.343 e. The van der Waals surface area contributed by atoms with Gasteiger partial charge in [-0.25, -0.2) is 14.8 Å². The second kappa shape index (κ2) is 7.81. The Hall–Kier alpha value is -1.50. The molecule has 1 aliphatic heterocycles. The Balaban J connectivity index is 1.77. The van der Waals surface area contributed by atoms with E-state index in [0.717, 1.165) is 12.1 Å². The highest BCUT2D eigenvalue weighted by Crippen LogP contribution is 2.32. The number of carbonyl (C=O) groups excluding carboxylic acids is 1. The number of hydrogen-bond donors (Lipinski definition) is 0. The molecule has 0 saturated carbocycles. The van der Waals surface area contributed by atoms with Crippen LogP contribution in [0.5, 0.6) is 0 Å².